The van der Waals surface area contributed by atoms with E-state index < -0.39 is 30.5 Å². The van der Waals surface area contributed by atoms with Crippen LogP contribution in [0.2, 0.25) is 5.02 Å². The molecule has 0 saturated carbocycles. The summed E-state index contributed by atoms with van der Waals surface area (Å²) in [5.74, 6) is -1.59. The van der Waals surface area contributed by atoms with Crippen LogP contribution in [0.1, 0.15) is 24.9 Å². The molecule has 0 radical (unpaired) electrons. The predicted octanol–water partition coefficient (Wildman–Crippen LogP) is 4.30. The maximum absolute atomic E-state index is 13.7. The van der Waals surface area contributed by atoms with Crippen molar-refractivity contribution in [2.24, 2.45) is 0 Å². The molecule has 0 bridgehead atoms. The number of halogens is 4. The number of hydrogen-bond acceptors (Lipinski definition) is 3. The van der Waals surface area contributed by atoms with Crippen molar-refractivity contribution in [1.29, 1.82) is 0 Å². The predicted molar refractivity (Wildman–Crippen MR) is 105 cm³/mol. The zero-order valence-corrected chi connectivity index (χ0v) is 16.2. The second-order valence-electron chi connectivity index (χ2n) is 6.71. The minimum atomic E-state index is -4.77. The van der Waals surface area contributed by atoms with E-state index in [0.29, 0.717) is 9.92 Å². The van der Waals surface area contributed by atoms with Crippen molar-refractivity contribution in [1.82, 2.24) is 5.32 Å². The highest BCUT2D eigenvalue weighted by Gasteiger charge is 2.48. The summed E-state index contributed by atoms with van der Waals surface area (Å²) < 4.78 is 41.1. The molecule has 2 amide bonds. The third kappa shape index (κ3) is 4.71. The van der Waals surface area contributed by atoms with Gasteiger partial charge >= 0.3 is 6.18 Å². The van der Waals surface area contributed by atoms with Crippen molar-refractivity contribution in [3.8, 4) is 0 Å². The highest BCUT2D eigenvalue weighted by molar-refractivity contribution is 6.31. The molecule has 1 heterocycles. The molecule has 1 aliphatic rings. The maximum Gasteiger partial charge on any atom is 0.409 e. The lowest BCUT2D eigenvalue weighted by Crippen LogP contribution is -2.52. The number of para-hydroxylation sites is 2. The Morgan fingerprint density at radius 2 is 1.90 bits per heavy atom. The summed E-state index contributed by atoms with van der Waals surface area (Å²) in [5.41, 5.74) is 0.900. The second kappa shape index (κ2) is 8.42. The number of nitrogens with zero attached hydrogens (tertiary/aromatic N) is 1. The molecular weight excluding hydrogens is 407 g/mol. The topological polar surface area (TPSA) is 61.4 Å². The molecule has 2 atom stereocenters. The molecule has 9 heteroatoms. The van der Waals surface area contributed by atoms with E-state index in [-0.39, 0.29) is 24.0 Å². The highest BCUT2D eigenvalue weighted by atomic mass is 35.5. The Kier molecular flexibility index (Phi) is 6.14. The van der Waals surface area contributed by atoms with Crippen LogP contribution in [0.3, 0.4) is 0 Å². The molecule has 2 aromatic carbocycles. The van der Waals surface area contributed by atoms with Gasteiger partial charge in [-0.2, -0.15) is 13.2 Å². The van der Waals surface area contributed by atoms with Gasteiger partial charge in [-0.05, 0) is 30.7 Å². The number of rotatable bonds is 4. The summed E-state index contributed by atoms with van der Waals surface area (Å²) >= 11 is 6.14. The standard InChI is InChI=1S/C20H19ClF3N3O2/c1-12(13-6-2-3-7-14(13)21)25-11-19(29)27-16-9-5-4-8-15(16)26-18(28)10-17(27)20(22,23)24/h2-9,12,17,25H,10-11H2,1H3,(H,26,28)/t12-,17-/m0/s1. The first kappa shape index (κ1) is 21.1. The van der Waals surface area contributed by atoms with Gasteiger partial charge in [0, 0.05) is 11.1 Å². The third-order valence-corrected chi connectivity index (χ3v) is 5.05. The van der Waals surface area contributed by atoms with E-state index in [2.05, 4.69) is 10.6 Å². The van der Waals surface area contributed by atoms with Crippen molar-refractivity contribution in [3.63, 3.8) is 0 Å². The fraction of sp³-hybridized carbons (Fsp3) is 0.300. The molecule has 0 unspecified atom stereocenters. The Morgan fingerprint density at radius 3 is 2.59 bits per heavy atom. The van der Waals surface area contributed by atoms with E-state index in [1.54, 1.807) is 37.3 Å². The number of fused-ring (bicyclic) bond motifs is 1. The van der Waals surface area contributed by atoms with E-state index in [9.17, 15) is 22.8 Å². The van der Waals surface area contributed by atoms with E-state index in [4.69, 9.17) is 11.6 Å². The first-order valence-electron chi connectivity index (χ1n) is 8.94. The van der Waals surface area contributed by atoms with Crippen molar-refractivity contribution in [2.45, 2.75) is 31.6 Å². The van der Waals surface area contributed by atoms with Gasteiger partial charge in [0.15, 0.2) is 0 Å². The lowest BCUT2D eigenvalue weighted by atomic mass is 10.1. The molecule has 0 fully saturated rings. The number of carbonyl (C=O) groups is 2. The average Bonchev–Trinajstić information content (AvgIpc) is 2.81. The summed E-state index contributed by atoms with van der Waals surface area (Å²) in [6.07, 6.45) is -5.64. The van der Waals surface area contributed by atoms with Crippen molar-refractivity contribution >= 4 is 34.8 Å². The van der Waals surface area contributed by atoms with Gasteiger partial charge in [-0.15, -0.1) is 0 Å². The van der Waals surface area contributed by atoms with Crippen molar-refractivity contribution < 1.29 is 22.8 Å². The number of alkyl halides is 3. The summed E-state index contributed by atoms with van der Waals surface area (Å²) in [7, 11) is 0. The SMILES string of the molecule is C[C@H](NCC(=O)N1c2ccccc2NC(=O)C[C@H]1C(F)(F)F)c1ccccc1Cl. The lowest BCUT2D eigenvalue weighted by Gasteiger charge is -2.32. The fourth-order valence-electron chi connectivity index (χ4n) is 3.26. The zero-order valence-electron chi connectivity index (χ0n) is 15.5. The number of carbonyl (C=O) groups excluding carboxylic acids is 2. The van der Waals surface area contributed by atoms with Gasteiger partial charge < -0.3 is 10.6 Å². The molecule has 0 aliphatic carbocycles. The molecule has 2 N–H and O–H groups in total. The van der Waals surface area contributed by atoms with Crippen LogP contribution in [0.15, 0.2) is 48.5 Å². The second-order valence-corrected chi connectivity index (χ2v) is 7.12. The Balaban J connectivity index is 1.87. The summed E-state index contributed by atoms with van der Waals surface area (Å²) in [6, 6.07) is 10.3. The van der Waals surface area contributed by atoms with Crippen LogP contribution in [0.4, 0.5) is 24.5 Å². The van der Waals surface area contributed by atoms with Gasteiger partial charge in [-0.1, -0.05) is 41.9 Å². The lowest BCUT2D eigenvalue weighted by molar-refractivity contribution is -0.157. The normalized spacial score (nSPS) is 17.9. The molecule has 29 heavy (non-hydrogen) atoms. The molecule has 0 spiro atoms. The Labute approximate surface area is 170 Å². The van der Waals surface area contributed by atoms with E-state index in [1.807, 2.05) is 0 Å². The van der Waals surface area contributed by atoms with Crippen LogP contribution in [-0.4, -0.2) is 30.6 Å². The number of anilines is 2. The number of hydrogen-bond donors (Lipinski definition) is 2. The molecule has 0 saturated heterocycles. The van der Waals surface area contributed by atoms with E-state index in [0.717, 1.165) is 5.56 Å². The first-order valence-corrected chi connectivity index (χ1v) is 9.31. The van der Waals surface area contributed by atoms with Crippen molar-refractivity contribution in [2.75, 3.05) is 16.8 Å². The zero-order chi connectivity index (χ0) is 21.2. The van der Waals surface area contributed by atoms with Gasteiger partial charge in [0.2, 0.25) is 11.8 Å². The Hall–Kier alpha value is -2.58. The number of nitrogens with one attached hydrogen (secondary N) is 2. The van der Waals surface area contributed by atoms with Crippen molar-refractivity contribution in [3.05, 3.63) is 59.1 Å². The fourth-order valence-corrected chi connectivity index (χ4v) is 3.56. The molecule has 0 aromatic heterocycles. The molecule has 5 nitrogen and oxygen atoms in total. The highest BCUT2D eigenvalue weighted by Crippen LogP contribution is 2.37. The molecule has 1 aliphatic heterocycles. The van der Waals surface area contributed by atoms with Crippen LogP contribution >= 0.6 is 11.6 Å². The largest absolute Gasteiger partial charge is 0.409 e. The molecule has 154 valence electrons. The quantitative estimate of drug-likeness (QED) is 0.768. The van der Waals surface area contributed by atoms with Crippen LogP contribution in [0, 0.1) is 0 Å². The molecular formula is C20H19ClF3N3O2. The minimum absolute atomic E-state index is 0.0119. The van der Waals surface area contributed by atoms with Gasteiger partial charge in [0.25, 0.3) is 0 Å². The van der Waals surface area contributed by atoms with E-state index in [1.165, 1.54) is 18.2 Å². The van der Waals surface area contributed by atoms with Gasteiger partial charge in [-0.3, -0.25) is 14.5 Å². The van der Waals surface area contributed by atoms with E-state index >= 15 is 0 Å². The number of benzene rings is 2. The summed E-state index contributed by atoms with van der Waals surface area (Å²) in [6.45, 7) is 1.40. The Bertz CT molecular complexity index is 920. The Morgan fingerprint density at radius 1 is 1.24 bits per heavy atom. The van der Waals surface area contributed by atoms with Crippen LogP contribution in [-0.2, 0) is 9.59 Å². The maximum atomic E-state index is 13.7. The molecule has 3 rings (SSSR count). The van der Waals surface area contributed by atoms with Crippen LogP contribution in [0.25, 0.3) is 0 Å². The van der Waals surface area contributed by atoms with Gasteiger partial charge in [-0.25, -0.2) is 0 Å². The third-order valence-electron chi connectivity index (χ3n) is 4.71. The average molecular weight is 426 g/mol. The summed E-state index contributed by atoms with van der Waals surface area (Å²) in [5, 5.41) is 5.85. The first-order chi connectivity index (χ1) is 13.7. The van der Waals surface area contributed by atoms with Gasteiger partial charge in [0.05, 0.1) is 24.3 Å². The monoisotopic (exact) mass is 425 g/mol. The van der Waals surface area contributed by atoms with Crippen LogP contribution in [0.5, 0.6) is 0 Å². The van der Waals surface area contributed by atoms with Crippen LogP contribution < -0.4 is 15.5 Å². The smallest absolute Gasteiger partial charge is 0.324 e. The number of amides is 2. The summed E-state index contributed by atoms with van der Waals surface area (Å²) in [4.78, 5) is 25.5. The molecule has 2 aromatic rings. The minimum Gasteiger partial charge on any atom is -0.324 e. The van der Waals surface area contributed by atoms with Gasteiger partial charge in [0.1, 0.15) is 6.04 Å².